The number of ketones is 1. The average Bonchev–Trinajstić information content (AvgIpc) is 3.14. The summed E-state index contributed by atoms with van der Waals surface area (Å²) in [5.74, 6) is -0.704. The van der Waals surface area contributed by atoms with E-state index in [1.54, 1.807) is 42.7 Å². The molecule has 0 saturated carbocycles. The van der Waals surface area contributed by atoms with Crippen LogP contribution in [0.3, 0.4) is 0 Å². The van der Waals surface area contributed by atoms with E-state index in [-0.39, 0.29) is 11.3 Å². The molecule has 2 fully saturated rings. The van der Waals surface area contributed by atoms with Crippen molar-refractivity contribution in [3.63, 3.8) is 0 Å². The van der Waals surface area contributed by atoms with Gasteiger partial charge in [-0.2, -0.15) is 0 Å². The van der Waals surface area contributed by atoms with Crippen molar-refractivity contribution in [2.24, 2.45) is 0 Å². The highest BCUT2D eigenvalue weighted by Gasteiger charge is 2.46. The number of methoxy groups -OCH3 is 2. The number of likely N-dealkylation sites (tertiary alicyclic amines) is 1. The maximum absolute atomic E-state index is 13.1. The number of Topliss-reactive ketones (excluding diaryl/α,β-unsaturated/α-hetero) is 1. The highest BCUT2D eigenvalue weighted by Crippen LogP contribution is 2.40. The zero-order chi connectivity index (χ0) is 24.1. The largest absolute Gasteiger partial charge is 0.507 e. The van der Waals surface area contributed by atoms with Crippen molar-refractivity contribution in [1.82, 2.24) is 14.8 Å². The molecule has 1 aromatic heterocycles. The molecule has 9 heteroatoms. The first kappa shape index (κ1) is 23.7. The van der Waals surface area contributed by atoms with Gasteiger partial charge < -0.3 is 24.2 Å². The number of hydrogen-bond donors (Lipinski definition) is 1. The third-order valence-corrected chi connectivity index (χ3v) is 6.17. The smallest absolute Gasteiger partial charge is 0.295 e. The molecule has 2 aliphatic rings. The first-order valence-corrected chi connectivity index (χ1v) is 11.3. The Labute approximate surface area is 198 Å². The minimum Gasteiger partial charge on any atom is -0.507 e. The number of nitrogens with zero attached hydrogens (tertiary/aromatic N) is 3. The highest BCUT2D eigenvalue weighted by molar-refractivity contribution is 6.46. The Morgan fingerprint density at radius 3 is 2.56 bits per heavy atom. The number of rotatable bonds is 8. The second-order valence-electron chi connectivity index (χ2n) is 8.16. The molecule has 1 atom stereocenters. The second kappa shape index (κ2) is 10.7. The summed E-state index contributed by atoms with van der Waals surface area (Å²) >= 11 is 0. The van der Waals surface area contributed by atoms with Crippen molar-refractivity contribution < 1.29 is 28.9 Å². The van der Waals surface area contributed by atoms with Gasteiger partial charge in [0, 0.05) is 44.1 Å². The van der Waals surface area contributed by atoms with Crippen LogP contribution in [0.1, 0.15) is 23.6 Å². The van der Waals surface area contributed by atoms with E-state index in [4.69, 9.17) is 14.2 Å². The topological polar surface area (TPSA) is 101 Å². The van der Waals surface area contributed by atoms with E-state index in [9.17, 15) is 14.7 Å². The lowest BCUT2D eigenvalue weighted by molar-refractivity contribution is -0.140. The number of carbonyl (C=O) groups excluding carboxylic acids is 2. The summed E-state index contributed by atoms with van der Waals surface area (Å²) in [7, 11) is 3.01. The van der Waals surface area contributed by atoms with E-state index in [0.29, 0.717) is 48.8 Å². The summed E-state index contributed by atoms with van der Waals surface area (Å²) in [4.78, 5) is 34.2. The average molecular weight is 468 g/mol. The minimum atomic E-state index is -0.730. The van der Waals surface area contributed by atoms with Crippen molar-refractivity contribution in [3.05, 3.63) is 59.4 Å². The van der Waals surface area contributed by atoms with Crippen LogP contribution in [-0.2, 0) is 14.3 Å². The molecule has 0 unspecified atom stereocenters. The van der Waals surface area contributed by atoms with Gasteiger partial charge in [0.2, 0.25) is 0 Å². The first-order chi connectivity index (χ1) is 16.5. The number of ether oxygens (including phenoxy) is 3. The van der Waals surface area contributed by atoms with Crippen molar-refractivity contribution in [3.8, 4) is 11.5 Å². The van der Waals surface area contributed by atoms with Gasteiger partial charge in [-0.1, -0.05) is 6.07 Å². The van der Waals surface area contributed by atoms with Crippen LogP contribution >= 0.6 is 0 Å². The van der Waals surface area contributed by atoms with E-state index in [0.717, 1.165) is 19.6 Å². The van der Waals surface area contributed by atoms with E-state index in [1.165, 1.54) is 19.1 Å². The summed E-state index contributed by atoms with van der Waals surface area (Å²) in [5, 5.41) is 11.2. The van der Waals surface area contributed by atoms with Crippen molar-refractivity contribution in [1.29, 1.82) is 0 Å². The Hall–Kier alpha value is -3.43. The number of carbonyl (C=O) groups is 2. The monoisotopic (exact) mass is 467 g/mol. The predicted octanol–water partition coefficient (Wildman–Crippen LogP) is 2.24. The molecule has 180 valence electrons. The lowest BCUT2D eigenvalue weighted by Gasteiger charge is -2.29. The van der Waals surface area contributed by atoms with E-state index < -0.39 is 17.7 Å². The zero-order valence-electron chi connectivity index (χ0n) is 19.4. The van der Waals surface area contributed by atoms with E-state index in [1.807, 2.05) is 0 Å². The first-order valence-electron chi connectivity index (χ1n) is 11.3. The van der Waals surface area contributed by atoms with Crippen molar-refractivity contribution in [2.75, 3.05) is 53.6 Å². The molecule has 2 saturated heterocycles. The number of hydrogen-bond acceptors (Lipinski definition) is 8. The van der Waals surface area contributed by atoms with Gasteiger partial charge in [-0.3, -0.25) is 19.5 Å². The van der Waals surface area contributed by atoms with Gasteiger partial charge in [0.25, 0.3) is 11.7 Å². The molecular formula is C25H29N3O6. The molecule has 0 aliphatic carbocycles. The van der Waals surface area contributed by atoms with Crippen molar-refractivity contribution >= 4 is 17.4 Å². The summed E-state index contributed by atoms with van der Waals surface area (Å²) in [5.41, 5.74) is 1.06. The van der Waals surface area contributed by atoms with Gasteiger partial charge in [0.1, 0.15) is 5.76 Å². The molecular weight excluding hydrogens is 438 g/mol. The molecule has 0 bridgehead atoms. The number of aromatic nitrogens is 1. The number of aliphatic hydroxyl groups excluding tert-OH is 1. The van der Waals surface area contributed by atoms with Crippen LogP contribution in [0.2, 0.25) is 0 Å². The predicted molar refractivity (Wildman–Crippen MR) is 125 cm³/mol. The molecule has 9 nitrogen and oxygen atoms in total. The van der Waals surface area contributed by atoms with Gasteiger partial charge in [0.05, 0.1) is 39.0 Å². The Bertz CT molecular complexity index is 1070. The molecule has 2 aromatic rings. The number of amides is 1. The third-order valence-electron chi connectivity index (χ3n) is 6.17. The van der Waals surface area contributed by atoms with Crippen LogP contribution in [0.5, 0.6) is 11.5 Å². The zero-order valence-corrected chi connectivity index (χ0v) is 19.4. The van der Waals surface area contributed by atoms with Gasteiger partial charge >= 0.3 is 0 Å². The van der Waals surface area contributed by atoms with Crippen LogP contribution < -0.4 is 9.47 Å². The normalized spacial score (nSPS) is 20.5. The fourth-order valence-electron chi connectivity index (χ4n) is 4.42. The fourth-order valence-corrected chi connectivity index (χ4v) is 4.42. The Morgan fingerprint density at radius 2 is 1.88 bits per heavy atom. The molecule has 2 aliphatic heterocycles. The quantitative estimate of drug-likeness (QED) is 0.358. The van der Waals surface area contributed by atoms with Gasteiger partial charge in [0.15, 0.2) is 11.5 Å². The number of benzene rings is 1. The standard InChI is InChI=1S/C25H29N3O6/c1-32-19-7-6-17(15-20(19)33-2)23(29)21-22(18-5-3-8-26-16-18)28(25(31)24(21)30)10-4-9-27-11-13-34-14-12-27/h3,5-8,15-16,22,29H,4,9-14H2,1-2H3/t22-/m1/s1. The van der Waals surface area contributed by atoms with Crippen LogP contribution in [0, 0.1) is 0 Å². The highest BCUT2D eigenvalue weighted by atomic mass is 16.5. The number of aliphatic hydroxyl groups is 1. The lowest BCUT2D eigenvalue weighted by atomic mass is 9.96. The number of morpholine rings is 1. The molecule has 1 amide bonds. The molecule has 3 heterocycles. The minimum absolute atomic E-state index is 0.0385. The SMILES string of the molecule is COc1ccc(C(O)=C2C(=O)C(=O)N(CCCN3CCOCC3)[C@@H]2c2cccnc2)cc1OC. The molecule has 0 spiro atoms. The Kier molecular flexibility index (Phi) is 7.44. The van der Waals surface area contributed by atoms with Crippen LogP contribution in [0.4, 0.5) is 0 Å². The summed E-state index contributed by atoms with van der Waals surface area (Å²) in [6, 6.07) is 7.68. The summed E-state index contributed by atoms with van der Waals surface area (Å²) < 4.78 is 16.0. The second-order valence-corrected chi connectivity index (χ2v) is 8.16. The van der Waals surface area contributed by atoms with E-state index in [2.05, 4.69) is 9.88 Å². The molecule has 1 N–H and O–H groups in total. The van der Waals surface area contributed by atoms with E-state index >= 15 is 0 Å². The Morgan fingerprint density at radius 1 is 1.12 bits per heavy atom. The van der Waals surface area contributed by atoms with Crippen LogP contribution in [-0.4, -0.2) is 85.2 Å². The van der Waals surface area contributed by atoms with Crippen LogP contribution in [0.15, 0.2) is 48.3 Å². The van der Waals surface area contributed by atoms with Crippen molar-refractivity contribution in [2.45, 2.75) is 12.5 Å². The molecule has 4 rings (SSSR count). The number of pyridine rings is 1. The van der Waals surface area contributed by atoms with Gasteiger partial charge in [-0.05, 0) is 36.2 Å². The molecule has 0 radical (unpaired) electrons. The van der Waals surface area contributed by atoms with Gasteiger partial charge in [-0.25, -0.2) is 0 Å². The Balaban J connectivity index is 1.67. The lowest BCUT2D eigenvalue weighted by Crippen LogP contribution is -2.39. The summed E-state index contributed by atoms with van der Waals surface area (Å²) in [6.45, 7) is 4.28. The van der Waals surface area contributed by atoms with Gasteiger partial charge in [-0.15, -0.1) is 0 Å². The van der Waals surface area contributed by atoms with Crippen LogP contribution in [0.25, 0.3) is 5.76 Å². The molecule has 1 aromatic carbocycles. The maximum atomic E-state index is 13.1. The maximum Gasteiger partial charge on any atom is 0.295 e. The third kappa shape index (κ3) is 4.76. The molecule has 34 heavy (non-hydrogen) atoms. The summed E-state index contributed by atoms with van der Waals surface area (Å²) in [6.07, 6.45) is 3.94. The fraction of sp³-hybridized carbons (Fsp3) is 0.400.